The minimum absolute atomic E-state index is 0.0880. The Morgan fingerprint density at radius 1 is 0.974 bits per heavy atom. The SMILES string of the molecule is COCCN(CCOC)S(=O)(=O)c1ccc(C(=O)N(Cc2ccco2)c2nc3c(C)ccc(C)c3s2)cc1. The molecule has 38 heavy (non-hydrogen) atoms. The average Bonchev–Trinajstić information content (AvgIpc) is 3.60. The van der Waals surface area contributed by atoms with Crippen LogP contribution in [0.15, 0.2) is 64.1 Å². The zero-order valence-electron chi connectivity index (χ0n) is 21.8. The Bertz CT molecular complexity index is 1430. The quantitative estimate of drug-likeness (QED) is 0.250. The highest BCUT2D eigenvalue weighted by Gasteiger charge is 2.27. The molecule has 0 fully saturated rings. The molecular formula is C27H31N3O6S2. The van der Waals surface area contributed by atoms with Crippen molar-refractivity contribution in [2.45, 2.75) is 25.3 Å². The average molecular weight is 558 g/mol. The van der Waals surface area contributed by atoms with Crippen molar-refractivity contribution >= 4 is 42.6 Å². The van der Waals surface area contributed by atoms with Crippen LogP contribution in [0.3, 0.4) is 0 Å². The molecule has 0 spiro atoms. The summed E-state index contributed by atoms with van der Waals surface area (Å²) < 4.78 is 44.5. The Hall–Kier alpha value is -3.09. The number of carbonyl (C=O) groups is 1. The fourth-order valence-electron chi connectivity index (χ4n) is 3.96. The van der Waals surface area contributed by atoms with Crippen LogP contribution in [0.5, 0.6) is 0 Å². The number of hydrogen-bond acceptors (Lipinski definition) is 8. The molecule has 1 amide bonds. The second kappa shape index (κ2) is 12.2. The molecule has 9 nitrogen and oxygen atoms in total. The summed E-state index contributed by atoms with van der Waals surface area (Å²) in [7, 11) is -0.769. The van der Waals surface area contributed by atoms with E-state index in [4.69, 9.17) is 18.9 Å². The summed E-state index contributed by atoms with van der Waals surface area (Å²) in [6.07, 6.45) is 1.56. The predicted molar refractivity (Wildman–Crippen MR) is 147 cm³/mol. The molecule has 0 saturated carbocycles. The Morgan fingerprint density at radius 2 is 1.63 bits per heavy atom. The number of amides is 1. The van der Waals surface area contributed by atoms with Crippen molar-refractivity contribution in [3.63, 3.8) is 0 Å². The normalized spacial score (nSPS) is 11.9. The van der Waals surface area contributed by atoms with Crippen LogP contribution < -0.4 is 4.90 Å². The van der Waals surface area contributed by atoms with Crippen molar-refractivity contribution in [3.8, 4) is 0 Å². The summed E-state index contributed by atoms with van der Waals surface area (Å²) in [5, 5.41) is 0.542. The Labute approximate surface area is 226 Å². The van der Waals surface area contributed by atoms with E-state index in [2.05, 4.69) is 0 Å². The first-order valence-corrected chi connectivity index (χ1v) is 14.3. The molecule has 0 aliphatic carbocycles. The number of methoxy groups -OCH3 is 2. The topological polar surface area (TPSA) is 102 Å². The number of thiazole rings is 1. The first-order chi connectivity index (χ1) is 18.3. The molecule has 4 aromatic rings. The van der Waals surface area contributed by atoms with Gasteiger partial charge in [0.1, 0.15) is 5.76 Å². The molecule has 202 valence electrons. The van der Waals surface area contributed by atoms with Crippen molar-refractivity contribution < 1.29 is 27.1 Å². The molecular weight excluding hydrogens is 526 g/mol. The monoisotopic (exact) mass is 557 g/mol. The van der Waals surface area contributed by atoms with Crippen LogP contribution in [0.25, 0.3) is 10.2 Å². The van der Waals surface area contributed by atoms with Gasteiger partial charge in [-0.1, -0.05) is 23.5 Å². The minimum Gasteiger partial charge on any atom is -0.467 e. The molecule has 0 aliphatic rings. The van der Waals surface area contributed by atoms with Crippen molar-refractivity contribution in [1.82, 2.24) is 9.29 Å². The second-order valence-electron chi connectivity index (χ2n) is 8.76. The lowest BCUT2D eigenvalue weighted by Crippen LogP contribution is -2.36. The molecule has 2 aromatic carbocycles. The van der Waals surface area contributed by atoms with Crippen LogP contribution in [0.4, 0.5) is 5.13 Å². The van der Waals surface area contributed by atoms with Crippen LogP contribution in [-0.2, 0) is 26.0 Å². The number of anilines is 1. The fraction of sp³-hybridized carbons (Fsp3) is 0.333. The van der Waals surface area contributed by atoms with Gasteiger partial charge in [0.05, 0.1) is 41.1 Å². The lowest BCUT2D eigenvalue weighted by molar-refractivity contribution is 0.0983. The Morgan fingerprint density at radius 3 is 2.21 bits per heavy atom. The number of aryl methyl sites for hydroxylation is 2. The van der Waals surface area contributed by atoms with E-state index in [-0.39, 0.29) is 43.7 Å². The van der Waals surface area contributed by atoms with Crippen LogP contribution >= 0.6 is 11.3 Å². The van der Waals surface area contributed by atoms with E-state index >= 15 is 0 Å². The molecule has 4 rings (SSSR count). The van der Waals surface area contributed by atoms with Crippen LogP contribution in [0, 0.1) is 13.8 Å². The number of fused-ring (bicyclic) bond motifs is 1. The van der Waals surface area contributed by atoms with E-state index in [9.17, 15) is 13.2 Å². The number of aromatic nitrogens is 1. The highest BCUT2D eigenvalue weighted by atomic mass is 32.2. The van der Waals surface area contributed by atoms with E-state index in [1.165, 1.54) is 54.1 Å². The van der Waals surface area contributed by atoms with Gasteiger partial charge in [0.2, 0.25) is 10.0 Å². The van der Waals surface area contributed by atoms with Crippen LogP contribution in [0.1, 0.15) is 27.2 Å². The Kier molecular flexibility index (Phi) is 8.95. The van der Waals surface area contributed by atoms with Crippen LogP contribution in [-0.4, -0.2) is 64.1 Å². The highest BCUT2D eigenvalue weighted by molar-refractivity contribution is 7.89. The lowest BCUT2D eigenvalue weighted by Gasteiger charge is -2.22. The third-order valence-corrected chi connectivity index (χ3v) is 9.26. The first-order valence-electron chi connectivity index (χ1n) is 12.1. The molecule has 0 radical (unpaired) electrons. The molecule has 0 aliphatic heterocycles. The van der Waals surface area contributed by atoms with E-state index < -0.39 is 10.0 Å². The van der Waals surface area contributed by atoms with Gasteiger partial charge >= 0.3 is 0 Å². The van der Waals surface area contributed by atoms with Crippen molar-refractivity contribution in [2.75, 3.05) is 45.4 Å². The summed E-state index contributed by atoms with van der Waals surface area (Å²) in [5.41, 5.74) is 3.31. The number of carbonyl (C=O) groups excluding carboxylic acids is 1. The fourth-order valence-corrected chi connectivity index (χ4v) is 6.48. The van der Waals surface area contributed by atoms with Crippen LogP contribution in [0.2, 0.25) is 0 Å². The number of hydrogen-bond donors (Lipinski definition) is 0. The van der Waals surface area contributed by atoms with Gasteiger partial charge in [-0.15, -0.1) is 0 Å². The lowest BCUT2D eigenvalue weighted by atomic mass is 10.1. The van der Waals surface area contributed by atoms with Gasteiger partial charge in [-0.2, -0.15) is 4.31 Å². The van der Waals surface area contributed by atoms with Crippen molar-refractivity contribution in [2.24, 2.45) is 0 Å². The first kappa shape index (κ1) is 27.9. The van der Waals surface area contributed by atoms with Crippen molar-refractivity contribution in [1.29, 1.82) is 0 Å². The van der Waals surface area contributed by atoms with Gasteiger partial charge in [-0.25, -0.2) is 13.4 Å². The summed E-state index contributed by atoms with van der Waals surface area (Å²) in [6, 6.07) is 13.6. The number of sulfonamides is 1. The zero-order chi connectivity index (χ0) is 27.3. The largest absolute Gasteiger partial charge is 0.467 e. The van der Waals surface area contributed by atoms with Gasteiger partial charge in [-0.3, -0.25) is 9.69 Å². The molecule has 2 aromatic heterocycles. The highest BCUT2D eigenvalue weighted by Crippen LogP contribution is 2.34. The summed E-state index contributed by atoms with van der Waals surface area (Å²) in [6.45, 7) is 5.08. The third-order valence-electron chi connectivity index (χ3n) is 6.13. The molecule has 11 heteroatoms. The number of furan rings is 1. The van der Waals surface area contributed by atoms with Gasteiger partial charge in [0.25, 0.3) is 5.91 Å². The third kappa shape index (κ3) is 5.97. The number of nitrogens with zero attached hydrogens (tertiary/aromatic N) is 3. The zero-order valence-corrected chi connectivity index (χ0v) is 23.5. The minimum atomic E-state index is -3.81. The van der Waals surface area contributed by atoms with Gasteiger partial charge in [0.15, 0.2) is 5.13 Å². The molecule has 0 atom stereocenters. The summed E-state index contributed by atoms with van der Waals surface area (Å²) in [5.74, 6) is 0.299. The number of rotatable bonds is 12. The molecule has 0 saturated heterocycles. The smallest absolute Gasteiger partial charge is 0.260 e. The number of benzene rings is 2. The summed E-state index contributed by atoms with van der Waals surface area (Å²) >= 11 is 1.44. The predicted octanol–water partition coefficient (Wildman–Crippen LogP) is 4.64. The van der Waals surface area contributed by atoms with E-state index in [1.54, 1.807) is 23.3 Å². The van der Waals surface area contributed by atoms with Crippen molar-refractivity contribution in [3.05, 3.63) is 77.2 Å². The van der Waals surface area contributed by atoms with Gasteiger partial charge in [0, 0.05) is 32.9 Å². The standard InChI is InChI=1S/C27H31N3O6S2/c1-19-7-8-20(2)25-24(19)28-27(37-25)30(18-22-6-5-15-36-22)26(31)21-9-11-23(12-10-21)38(32,33)29(13-16-34-3)14-17-35-4/h5-12,15H,13-14,16-18H2,1-4H3. The van der Waals surface area contributed by atoms with E-state index in [0.717, 1.165) is 21.3 Å². The maximum absolute atomic E-state index is 13.8. The maximum atomic E-state index is 13.8. The van der Waals surface area contributed by atoms with Gasteiger partial charge in [-0.05, 0) is 61.4 Å². The number of ether oxygens (including phenoxy) is 2. The van der Waals surface area contributed by atoms with E-state index in [1.807, 2.05) is 26.0 Å². The summed E-state index contributed by atoms with van der Waals surface area (Å²) in [4.78, 5) is 20.2. The Balaban J connectivity index is 1.66. The van der Waals surface area contributed by atoms with E-state index in [0.29, 0.717) is 16.5 Å². The van der Waals surface area contributed by atoms with Gasteiger partial charge < -0.3 is 13.9 Å². The second-order valence-corrected chi connectivity index (χ2v) is 11.7. The molecule has 0 N–H and O–H groups in total. The molecule has 0 bridgehead atoms. The molecule has 0 unspecified atom stereocenters. The maximum Gasteiger partial charge on any atom is 0.260 e. The molecule has 2 heterocycles.